The molecule has 0 radical (unpaired) electrons. The lowest BCUT2D eigenvalue weighted by molar-refractivity contribution is -0.118. The predicted molar refractivity (Wildman–Crippen MR) is 56.6 cm³/mol. The van der Waals surface area contributed by atoms with E-state index in [0.29, 0.717) is 12.3 Å². The van der Waals surface area contributed by atoms with Crippen LogP contribution in [0.25, 0.3) is 0 Å². The Kier molecular flexibility index (Phi) is 1.99. The third-order valence-corrected chi connectivity index (χ3v) is 2.51. The second-order valence-electron chi connectivity index (χ2n) is 4.24. The van der Waals surface area contributed by atoms with Crippen molar-refractivity contribution >= 4 is 11.5 Å². The van der Waals surface area contributed by atoms with E-state index < -0.39 is 0 Å². The summed E-state index contributed by atoms with van der Waals surface area (Å²) in [7, 11) is 0. The molecular weight excluding hydrogens is 174 g/mol. The molecule has 72 valence electrons. The van der Waals surface area contributed by atoms with Crippen LogP contribution in [0.5, 0.6) is 0 Å². The molecule has 0 N–H and O–H groups in total. The average Bonchev–Trinajstić information content (AvgIpc) is 2.44. The summed E-state index contributed by atoms with van der Waals surface area (Å²) in [6.07, 6.45) is 0. The number of benzene rings is 1. The third kappa shape index (κ3) is 1.37. The third-order valence-electron chi connectivity index (χ3n) is 2.51. The highest BCUT2D eigenvalue weighted by Crippen LogP contribution is 2.26. The topological polar surface area (TPSA) is 29.4 Å². The van der Waals surface area contributed by atoms with Gasteiger partial charge in [0.25, 0.3) is 0 Å². The molecule has 0 aromatic heterocycles. The molecule has 0 saturated heterocycles. The zero-order valence-corrected chi connectivity index (χ0v) is 8.45. The fourth-order valence-corrected chi connectivity index (χ4v) is 1.56. The molecule has 0 fully saturated rings. The van der Waals surface area contributed by atoms with Gasteiger partial charge in [-0.1, -0.05) is 44.2 Å². The highest BCUT2D eigenvalue weighted by Gasteiger charge is 2.36. The van der Waals surface area contributed by atoms with E-state index in [0.717, 1.165) is 5.56 Å². The van der Waals surface area contributed by atoms with Crippen molar-refractivity contribution in [2.24, 2.45) is 10.4 Å². The molecule has 0 spiro atoms. The number of carbonyl (C=O) groups is 1. The number of carbonyl (C=O) groups excluding carboxylic acids is 1. The van der Waals surface area contributed by atoms with E-state index in [1.54, 1.807) is 0 Å². The molecule has 0 unspecified atom stereocenters. The highest BCUT2D eigenvalue weighted by molar-refractivity contribution is 6.49. The number of hydrogen-bond acceptors (Lipinski definition) is 2. The maximum atomic E-state index is 11.9. The number of ketones is 1. The maximum absolute atomic E-state index is 11.9. The minimum absolute atomic E-state index is 0.156. The van der Waals surface area contributed by atoms with Crippen LogP contribution < -0.4 is 0 Å². The molecule has 0 aliphatic carbocycles. The SMILES string of the molecule is CC1(C)CN=C(c2ccccc2)C1=O. The van der Waals surface area contributed by atoms with Crippen LogP contribution in [-0.4, -0.2) is 18.0 Å². The van der Waals surface area contributed by atoms with Crippen LogP contribution in [0.3, 0.4) is 0 Å². The van der Waals surface area contributed by atoms with Gasteiger partial charge in [-0.3, -0.25) is 9.79 Å². The molecule has 14 heavy (non-hydrogen) atoms. The monoisotopic (exact) mass is 187 g/mol. The quantitative estimate of drug-likeness (QED) is 0.662. The second kappa shape index (κ2) is 3.05. The predicted octanol–water partition coefficient (Wildman–Crippen LogP) is 2.08. The summed E-state index contributed by atoms with van der Waals surface area (Å²) in [6.45, 7) is 4.49. The Morgan fingerprint density at radius 1 is 1.21 bits per heavy atom. The summed E-state index contributed by atoms with van der Waals surface area (Å²) >= 11 is 0. The van der Waals surface area contributed by atoms with E-state index in [-0.39, 0.29) is 11.2 Å². The molecule has 1 aliphatic heterocycles. The van der Waals surface area contributed by atoms with Crippen molar-refractivity contribution in [3.63, 3.8) is 0 Å². The Morgan fingerprint density at radius 2 is 1.86 bits per heavy atom. The van der Waals surface area contributed by atoms with E-state index in [9.17, 15) is 4.79 Å². The largest absolute Gasteiger partial charge is 0.292 e. The van der Waals surface area contributed by atoms with E-state index in [2.05, 4.69) is 4.99 Å². The van der Waals surface area contributed by atoms with Crippen LogP contribution in [0.4, 0.5) is 0 Å². The Morgan fingerprint density at radius 3 is 2.36 bits per heavy atom. The van der Waals surface area contributed by atoms with Crippen LogP contribution in [0.15, 0.2) is 35.3 Å². The van der Waals surface area contributed by atoms with Gasteiger partial charge in [0.15, 0.2) is 5.78 Å². The fraction of sp³-hybridized carbons (Fsp3) is 0.333. The van der Waals surface area contributed by atoms with Gasteiger partial charge in [0.05, 0.1) is 6.54 Å². The van der Waals surface area contributed by atoms with Crippen molar-refractivity contribution in [1.82, 2.24) is 0 Å². The van der Waals surface area contributed by atoms with Crippen molar-refractivity contribution in [3.05, 3.63) is 35.9 Å². The van der Waals surface area contributed by atoms with Gasteiger partial charge in [-0.05, 0) is 0 Å². The molecule has 1 aliphatic rings. The smallest absolute Gasteiger partial charge is 0.188 e. The van der Waals surface area contributed by atoms with Crippen molar-refractivity contribution in [2.45, 2.75) is 13.8 Å². The summed E-state index contributed by atoms with van der Waals surface area (Å²) in [4.78, 5) is 16.2. The van der Waals surface area contributed by atoms with Gasteiger partial charge in [0, 0.05) is 11.0 Å². The minimum atomic E-state index is -0.314. The Labute approximate surface area is 83.7 Å². The van der Waals surface area contributed by atoms with E-state index >= 15 is 0 Å². The normalized spacial score (nSPS) is 19.6. The molecule has 1 aromatic carbocycles. The van der Waals surface area contributed by atoms with Crippen LogP contribution in [0.1, 0.15) is 19.4 Å². The van der Waals surface area contributed by atoms with Gasteiger partial charge in [-0.2, -0.15) is 0 Å². The average molecular weight is 187 g/mol. The Hall–Kier alpha value is -1.44. The number of rotatable bonds is 1. The van der Waals surface area contributed by atoms with Gasteiger partial charge < -0.3 is 0 Å². The lowest BCUT2D eigenvalue weighted by Gasteiger charge is -2.12. The van der Waals surface area contributed by atoms with E-state index in [1.807, 2.05) is 44.2 Å². The Balaban J connectivity index is 2.36. The van der Waals surface area contributed by atoms with Crippen molar-refractivity contribution in [3.8, 4) is 0 Å². The molecule has 2 rings (SSSR count). The Bertz CT molecular complexity index is 390. The van der Waals surface area contributed by atoms with Crippen molar-refractivity contribution < 1.29 is 4.79 Å². The number of nitrogens with zero attached hydrogens (tertiary/aromatic N) is 1. The van der Waals surface area contributed by atoms with Gasteiger partial charge in [-0.25, -0.2) is 0 Å². The first-order valence-corrected chi connectivity index (χ1v) is 4.76. The van der Waals surface area contributed by atoms with E-state index in [1.165, 1.54) is 0 Å². The van der Waals surface area contributed by atoms with Crippen LogP contribution in [0.2, 0.25) is 0 Å². The molecule has 2 nitrogen and oxygen atoms in total. The zero-order valence-electron chi connectivity index (χ0n) is 8.45. The van der Waals surface area contributed by atoms with Crippen LogP contribution >= 0.6 is 0 Å². The molecule has 0 amide bonds. The first kappa shape index (κ1) is 9.13. The van der Waals surface area contributed by atoms with Gasteiger partial charge in [0.2, 0.25) is 0 Å². The summed E-state index contributed by atoms with van der Waals surface area (Å²) in [6, 6.07) is 9.65. The minimum Gasteiger partial charge on any atom is -0.292 e. The molecule has 0 bridgehead atoms. The molecular formula is C12H13NO. The summed E-state index contributed by atoms with van der Waals surface area (Å²) in [5, 5.41) is 0. The molecule has 2 heteroatoms. The number of aliphatic imine (C=N–C) groups is 1. The summed E-state index contributed by atoms with van der Waals surface area (Å²) in [5.41, 5.74) is 1.25. The second-order valence-corrected chi connectivity index (χ2v) is 4.24. The molecule has 0 saturated carbocycles. The number of Topliss-reactive ketones (excluding diaryl/α,β-unsaturated/α-hetero) is 1. The van der Waals surface area contributed by atoms with Gasteiger partial charge in [-0.15, -0.1) is 0 Å². The first-order chi connectivity index (χ1) is 6.61. The molecule has 0 atom stereocenters. The molecule has 1 aromatic rings. The zero-order chi connectivity index (χ0) is 10.2. The van der Waals surface area contributed by atoms with Gasteiger partial charge >= 0.3 is 0 Å². The highest BCUT2D eigenvalue weighted by atomic mass is 16.1. The van der Waals surface area contributed by atoms with Gasteiger partial charge in [0.1, 0.15) is 5.71 Å². The maximum Gasteiger partial charge on any atom is 0.188 e. The van der Waals surface area contributed by atoms with Crippen LogP contribution in [-0.2, 0) is 4.79 Å². The first-order valence-electron chi connectivity index (χ1n) is 4.76. The number of hydrogen-bond donors (Lipinski definition) is 0. The molecule has 1 heterocycles. The summed E-state index contributed by atoms with van der Waals surface area (Å²) in [5.74, 6) is 0.156. The lowest BCUT2D eigenvalue weighted by atomic mass is 9.87. The van der Waals surface area contributed by atoms with Crippen molar-refractivity contribution in [2.75, 3.05) is 6.54 Å². The standard InChI is InChI=1S/C12H13NO/c1-12(2)8-13-10(11(12)14)9-6-4-3-5-7-9/h3-7H,8H2,1-2H3. The van der Waals surface area contributed by atoms with E-state index in [4.69, 9.17) is 0 Å². The fourth-order valence-electron chi connectivity index (χ4n) is 1.56. The van der Waals surface area contributed by atoms with Crippen molar-refractivity contribution in [1.29, 1.82) is 0 Å². The van der Waals surface area contributed by atoms with Crippen LogP contribution in [0, 0.1) is 5.41 Å². The lowest BCUT2D eigenvalue weighted by Crippen LogP contribution is -2.27. The summed E-state index contributed by atoms with van der Waals surface area (Å²) < 4.78 is 0.